The van der Waals surface area contributed by atoms with Crippen molar-refractivity contribution < 1.29 is 30.0 Å². The van der Waals surface area contributed by atoms with Crippen molar-refractivity contribution >= 4 is 18.0 Å². The summed E-state index contributed by atoms with van der Waals surface area (Å²) < 4.78 is 0.882. The van der Waals surface area contributed by atoms with E-state index >= 15 is 0 Å². The molecule has 23 heavy (non-hydrogen) atoms. The van der Waals surface area contributed by atoms with Gasteiger partial charge in [0.25, 0.3) is 0 Å². The zero-order valence-corrected chi connectivity index (χ0v) is 11.9. The monoisotopic (exact) mass is 315 g/mol. The van der Waals surface area contributed by atoms with E-state index in [0.717, 1.165) is 4.57 Å². The zero-order valence-electron chi connectivity index (χ0n) is 11.9. The van der Waals surface area contributed by atoms with Gasteiger partial charge in [0.15, 0.2) is 0 Å². The van der Waals surface area contributed by atoms with Gasteiger partial charge in [0.1, 0.15) is 0 Å². The van der Waals surface area contributed by atoms with Crippen molar-refractivity contribution in [3.8, 4) is 17.4 Å². The number of fused-ring (bicyclic) bond motifs is 1. The number of nitrogens with zero attached hydrogens (tertiary/aromatic N) is 1. The second-order valence-corrected chi connectivity index (χ2v) is 5.13. The molecule has 4 N–H and O–H groups in total. The average molecular weight is 315 g/mol. The first-order valence-corrected chi connectivity index (χ1v) is 6.85. The third kappa shape index (κ3) is 2.13. The first-order chi connectivity index (χ1) is 10.9. The van der Waals surface area contributed by atoms with E-state index in [1.165, 1.54) is 18.2 Å². The molecule has 0 fully saturated rings. The molecule has 0 amide bonds. The van der Waals surface area contributed by atoms with E-state index in [0.29, 0.717) is 24.0 Å². The van der Waals surface area contributed by atoms with Crippen LogP contribution in [0.4, 0.5) is 0 Å². The molecule has 0 atom stereocenters. The van der Waals surface area contributed by atoms with Crippen LogP contribution in [0.3, 0.4) is 0 Å². The molecule has 7 heteroatoms. The Morgan fingerprint density at radius 1 is 1.00 bits per heavy atom. The number of carboxylic acid groups (broad SMARTS) is 2. The molecule has 2 aromatic rings. The number of allylic oxidation sites excluding steroid dienone is 1. The van der Waals surface area contributed by atoms with Crippen molar-refractivity contribution in [3.63, 3.8) is 0 Å². The van der Waals surface area contributed by atoms with Gasteiger partial charge in [-0.2, -0.15) is 0 Å². The van der Waals surface area contributed by atoms with Crippen LogP contribution in [0.1, 0.15) is 38.3 Å². The molecule has 0 unspecified atom stereocenters. The highest BCUT2D eigenvalue weighted by Gasteiger charge is 2.28. The lowest BCUT2D eigenvalue weighted by Crippen LogP contribution is -2.11. The fourth-order valence-corrected chi connectivity index (χ4v) is 2.80. The van der Waals surface area contributed by atoms with E-state index in [1.54, 1.807) is 6.08 Å². The molecular weight excluding hydrogens is 302 g/mol. The molecule has 0 bridgehead atoms. The van der Waals surface area contributed by atoms with Crippen molar-refractivity contribution in [3.05, 3.63) is 46.5 Å². The number of hydrogen-bond donors (Lipinski definition) is 4. The highest BCUT2D eigenvalue weighted by Crippen LogP contribution is 2.41. The van der Waals surface area contributed by atoms with E-state index in [9.17, 15) is 30.0 Å². The molecule has 118 valence electrons. The van der Waals surface area contributed by atoms with Crippen LogP contribution >= 0.6 is 0 Å². The first-order valence-electron chi connectivity index (χ1n) is 6.85. The second-order valence-electron chi connectivity index (χ2n) is 5.13. The average Bonchev–Trinajstić information content (AvgIpc) is 2.78. The molecule has 3 rings (SSSR count). The predicted octanol–water partition coefficient (Wildman–Crippen LogP) is 2.24. The predicted molar refractivity (Wildman–Crippen MR) is 80.4 cm³/mol. The lowest BCUT2D eigenvalue weighted by atomic mass is 10.0. The number of benzene rings is 1. The maximum Gasteiger partial charge on any atom is 0.337 e. The van der Waals surface area contributed by atoms with Crippen LogP contribution in [-0.4, -0.2) is 36.9 Å². The van der Waals surface area contributed by atoms with Gasteiger partial charge in [-0.3, -0.25) is 0 Å². The SMILES string of the molecule is O=C(O)c1cccc(C(=O)O)c1-n1c(O)c2c(c1O)CCC=C2. The number of carboxylic acids is 2. The molecule has 0 spiro atoms. The maximum absolute atomic E-state index is 11.5. The number of para-hydroxylation sites is 1. The quantitative estimate of drug-likeness (QED) is 0.689. The van der Waals surface area contributed by atoms with E-state index in [1.807, 2.05) is 6.08 Å². The van der Waals surface area contributed by atoms with Gasteiger partial charge >= 0.3 is 11.9 Å². The van der Waals surface area contributed by atoms with Crippen molar-refractivity contribution in [2.45, 2.75) is 12.8 Å². The summed E-state index contributed by atoms with van der Waals surface area (Å²) in [7, 11) is 0. The Hall–Kier alpha value is -3.22. The highest BCUT2D eigenvalue weighted by atomic mass is 16.4. The lowest BCUT2D eigenvalue weighted by Gasteiger charge is -2.13. The smallest absolute Gasteiger partial charge is 0.337 e. The van der Waals surface area contributed by atoms with Gasteiger partial charge in [0.2, 0.25) is 11.8 Å². The largest absolute Gasteiger partial charge is 0.494 e. The molecule has 0 radical (unpaired) electrons. The van der Waals surface area contributed by atoms with Crippen molar-refractivity contribution in [1.82, 2.24) is 4.57 Å². The third-order valence-electron chi connectivity index (χ3n) is 3.83. The van der Waals surface area contributed by atoms with E-state index < -0.39 is 11.9 Å². The maximum atomic E-state index is 11.5. The van der Waals surface area contributed by atoms with Crippen LogP contribution in [-0.2, 0) is 6.42 Å². The first kappa shape index (κ1) is 14.7. The fourth-order valence-electron chi connectivity index (χ4n) is 2.80. The molecule has 7 nitrogen and oxygen atoms in total. The normalized spacial score (nSPS) is 12.9. The standard InChI is InChI=1S/C16H13NO6/c18-13-8-4-1-2-5-9(8)14(19)17(13)12-10(15(20)21)6-3-7-11(12)16(22)23/h1,3-4,6-7,18-19H,2,5H2,(H,20,21)(H,22,23). The molecular formula is C16H13NO6. The van der Waals surface area contributed by atoms with Crippen LogP contribution in [0.25, 0.3) is 11.8 Å². The Kier molecular flexibility index (Phi) is 3.33. The van der Waals surface area contributed by atoms with Gasteiger partial charge in [-0.1, -0.05) is 18.2 Å². The van der Waals surface area contributed by atoms with Crippen molar-refractivity contribution in [2.75, 3.05) is 0 Å². The Morgan fingerprint density at radius 2 is 1.61 bits per heavy atom. The molecule has 0 saturated heterocycles. The van der Waals surface area contributed by atoms with Crippen LogP contribution < -0.4 is 0 Å². The summed E-state index contributed by atoms with van der Waals surface area (Å²) in [6.07, 6.45) is 4.56. The van der Waals surface area contributed by atoms with E-state index in [2.05, 4.69) is 0 Å². The minimum Gasteiger partial charge on any atom is -0.494 e. The second kappa shape index (κ2) is 5.20. The van der Waals surface area contributed by atoms with Crippen molar-refractivity contribution in [2.24, 2.45) is 0 Å². The molecule has 0 saturated carbocycles. The number of aromatic hydroxyl groups is 2. The van der Waals surface area contributed by atoms with Gasteiger partial charge in [-0.05, 0) is 25.0 Å². The molecule has 1 aromatic heterocycles. The lowest BCUT2D eigenvalue weighted by molar-refractivity contribution is 0.0696. The Bertz CT molecular complexity index is 830. The minimum atomic E-state index is -1.36. The molecule has 1 aliphatic rings. The summed E-state index contributed by atoms with van der Waals surface area (Å²) in [5.41, 5.74) is -0.101. The summed E-state index contributed by atoms with van der Waals surface area (Å²) in [5.74, 6) is -3.45. The minimum absolute atomic E-state index is 0.273. The van der Waals surface area contributed by atoms with E-state index in [4.69, 9.17) is 0 Å². The number of rotatable bonds is 3. The summed E-state index contributed by atoms with van der Waals surface area (Å²) in [6.45, 7) is 0. The van der Waals surface area contributed by atoms with Crippen LogP contribution in [0.5, 0.6) is 11.8 Å². The van der Waals surface area contributed by atoms with Crippen LogP contribution in [0.15, 0.2) is 24.3 Å². The molecule has 1 heterocycles. The summed E-state index contributed by atoms with van der Waals surface area (Å²) in [5, 5.41) is 39.5. The van der Waals surface area contributed by atoms with Gasteiger partial charge in [-0.25, -0.2) is 14.2 Å². The number of carbonyl (C=O) groups is 2. The molecule has 0 aliphatic heterocycles. The Balaban J connectivity index is 2.40. The molecule has 1 aromatic carbocycles. The zero-order chi connectivity index (χ0) is 16.7. The number of hydrogen-bond acceptors (Lipinski definition) is 4. The van der Waals surface area contributed by atoms with Crippen LogP contribution in [0.2, 0.25) is 0 Å². The summed E-state index contributed by atoms with van der Waals surface area (Å²) in [4.78, 5) is 22.9. The third-order valence-corrected chi connectivity index (χ3v) is 3.83. The fraction of sp³-hybridized carbons (Fsp3) is 0.125. The Morgan fingerprint density at radius 3 is 2.13 bits per heavy atom. The summed E-state index contributed by atoms with van der Waals surface area (Å²) in [6, 6.07) is 3.74. The highest BCUT2D eigenvalue weighted by molar-refractivity contribution is 6.00. The van der Waals surface area contributed by atoms with Crippen molar-refractivity contribution in [1.29, 1.82) is 0 Å². The molecule has 1 aliphatic carbocycles. The van der Waals surface area contributed by atoms with Gasteiger partial charge in [0.05, 0.1) is 16.8 Å². The van der Waals surface area contributed by atoms with Gasteiger partial charge in [-0.15, -0.1) is 0 Å². The van der Waals surface area contributed by atoms with E-state index in [-0.39, 0.29) is 28.6 Å². The van der Waals surface area contributed by atoms with Gasteiger partial charge in [0, 0.05) is 11.1 Å². The Labute approximate surface area is 130 Å². The number of aromatic nitrogens is 1. The van der Waals surface area contributed by atoms with Gasteiger partial charge < -0.3 is 20.4 Å². The summed E-state index contributed by atoms with van der Waals surface area (Å²) >= 11 is 0. The topological polar surface area (TPSA) is 120 Å². The number of aromatic carboxylic acids is 2. The van der Waals surface area contributed by atoms with Crippen LogP contribution in [0, 0.1) is 0 Å².